The third kappa shape index (κ3) is 2.45. The van der Waals surface area contributed by atoms with Gasteiger partial charge >= 0.3 is 0 Å². The van der Waals surface area contributed by atoms with E-state index < -0.39 is 11.0 Å². The monoisotopic (exact) mass is 295 g/mol. The number of carbonyl (C=O) groups is 1. The van der Waals surface area contributed by atoms with Crippen molar-refractivity contribution < 1.29 is 9.90 Å². The third-order valence-electron chi connectivity index (χ3n) is 4.59. The fourth-order valence-corrected chi connectivity index (χ4v) is 2.83. The van der Waals surface area contributed by atoms with E-state index >= 15 is 0 Å². The number of benzene rings is 1. The lowest BCUT2D eigenvalue weighted by molar-refractivity contribution is -0.146. The predicted octanol–water partition coefficient (Wildman–Crippen LogP) is 2.99. The van der Waals surface area contributed by atoms with E-state index in [0.29, 0.717) is 5.02 Å². The Hall–Kier alpha value is -1.06. The number of amides is 1. The first kappa shape index (κ1) is 15.3. The van der Waals surface area contributed by atoms with E-state index in [1.807, 2.05) is 38.1 Å². The molecule has 1 saturated carbocycles. The molecule has 110 valence electrons. The number of aliphatic hydroxyl groups excluding tert-OH is 1. The Balaban J connectivity index is 2.35. The molecule has 1 aliphatic carbocycles. The van der Waals surface area contributed by atoms with Crippen LogP contribution in [-0.4, -0.2) is 35.1 Å². The van der Waals surface area contributed by atoms with Gasteiger partial charge in [0.2, 0.25) is 5.91 Å². The normalized spacial score (nSPS) is 17.4. The highest BCUT2D eigenvalue weighted by Gasteiger charge is 2.49. The molecule has 1 fully saturated rings. The van der Waals surface area contributed by atoms with Crippen molar-refractivity contribution in [2.45, 2.75) is 44.1 Å². The van der Waals surface area contributed by atoms with E-state index in [2.05, 4.69) is 0 Å². The molecule has 1 amide bonds. The first-order valence-electron chi connectivity index (χ1n) is 6.99. The fourth-order valence-electron chi connectivity index (χ4n) is 2.64. The van der Waals surface area contributed by atoms with Gasteiger partial charge in [-0.2, -0.15) is 0 Å². The smallest absolute Gasteiger partial charge is 0.233 e. The second-order valence-corrected chi connectivity index (χ2v) is 6.72. The molecule has 0 unspecified atom stereocenters. The van der Waals surface area contributed by atoms with E-state index in [1.54, 1.807) is 11.9 Å². The van der Waals surface area contributed by atoms with Crippen LogP contribution in [-0.2, 0) is 10.2 Å². The van der Waals surface area contributed by atoms with Crippen LogP contribution in [0.4, 0.5) is 0 Å². The van der Waals surface area contributed by atoms with Gasteiger partial charge in [-0.15, -0.1) is 0 Å². The minimum Gasteiger partial charge on any atom is -0.394 e. The molecular formula is C16H22ClNO2. The SMILES string of the molecule is CN(C(=O)C1(c2cccc(Cl)c2)CCC1)C(C)(C)CO. The summed E-state index contributed by atoms with van der Waals surface area (Å²) in [5.74, 6) is 0.0741. The van der Waals surface area contributed by atoms with Gasteiger partial charge in [-0.1, -0.05) is 30.2 Å². The van der Waals surface area contributed by atoms with Gasteiger partial charge < -0.3 is 10.0 Å². The molecule has 0 spiro atoms. The molecule has 2 rings (SSSR count). The lowest BCUT2D eigenvalue weighted by Gasteiger charge is -2.47. The van der Waals surface area contributed by atoms with Crippen LogP contribution < -0.4 is 0 Å². The number of likely N-dealkylation sites (N-methyl/N-ethyl adjacent to an activating group) is 1. The van der Waals surface area contributed by atoms with E-state index in [0.717, 1.165) is 24.8 Å². The van der Waals surface area contributed by atoms with Crippen LogP contribution in [0.5, 0.6) is 0 Å². The summed E-state index contributed by atoms with van der Waals surface area (Å²) < 4.78 is 0. The zero-order valence-corrected chi connectivity index (χ0v) is 13.1. The van der Waals surface area contributed by atoms with E-state index in [1.165, 1.54) is 0 Å². The number of hydrogen-bond donors (Lipinski definition) is 1. The van der Waals surface area contributed by atoms with Gasteiger partial charge in [0, 0.05) is 12.1 Å². The number of aliphatic hydroxyl groups is 1. The number of nitrogens with zero attached hydrogens (tertiary/aromatic N) is 1. The Bertz CT molecular complexity index is 509. The summed E-state index contributed by atoms with van der Waals surface area (Å²) >= 11 is 6.07. The topological polar surface area (TPSA) is 40.5 Å². The van der Waals surface area contributed by atoms with Crippen LogP contribution in [0.1, 0.15) is 38.7 Å². The van der Waals surface area contributed by atoms with E-state index in [-0.39, 0.29) is 12.5 Å². The first-order valence-corrected chi connectivity index (χ1v) is 7.36. The van der Waals surface area contributed by atoms with Crippen molar-refractivity contribution >= 4 is 17.5 Å². The largest absolute Gasteiger partial charge is 0.394 e. The highest BCUT2D eigenvalue weighted by Crippen LogP contribution is 2.46. The lowest BCUT2D eigenvalue weighted by atomic mass is 9.63. The second kappa shape index (κ2) is 5.38. The van der Waals surface area contributed by atoms with E-state index in [4.69, 9.17) is 11.6 Å². The molecule has 0 aliphatic heterocycles. The lowest BCUT2D eigenvalue weighted by Crippen LogP contribution is -2.57. The van der Waals surface area contributed by atoms with Gasteiger partial charge in [0.1, 0.15) is 0 Å². The van der Waals surface area contributed by atoms with Gasteiger partial charge in [-0.3, -0.25) is 4.79 Å². The molecule has 1 aromatic carbocycles. The molecule has 20 heavy (non-hydrogen) atoms. The number of halogens is 1. The predicted molar refractivity (Wildman–Crippen MR) is 80.9 cm³/mol. The average Bonchev–Trinajstić information content (AvgIpc) is 2.36. The summed E-state index contributed by atoms with van der Waals surface area (Å²) in [4.78, 5) is 14.6. The van der Waals surface area contributed by atoms with Gasteiger partial charge in [-0.05, 0) is 44.4 Å². The molecule has 1 aliphatic rings. The molecule has 0 radical (unpaired) electrons. The van der Waals surface area contributed by atoms with Gasteiger partial charge in [0.05, 0.1) is 17.6 Å². The van der Waals surface area contributed by atoms with Gasteiger partial charge in [0.15, 0.2) is 0 Å². The third-order valence-corrected chi connectivity index (χ3v) is 4.83. The Labute approximate surface area is 125 Å². The maximum absolute atomic E-state index is 12.9. The van der Waals surface area contributed by atoms with E-state index in [9.17, 15) is 9.90 Å². The van der Waals surface area contributed by atoms with Crippen LogP contribution in [0, 0.1) is 0 Å². The Morgan fingerprint density at radius 2 is 2.10 bits per heavy atom. The van der Waals surface area contributed by atoms with Crippen molar-refractivity contribution in [3.8, 4) is 0 Å². The van der Waals surface area contributed by atoms with Crippen LogP contribution in [0.3, 0.4) is 0 Å². The zero-order chi connectivity index (χ0) is 15.0. The summed E-state index contributed by atoms with van der Waals surface area (Å²) in [5, 5.41) is 10.1. The maximum atomic E-state index is 12.9. The quantitative estimate of drug-likeness (QED) is 0.928. The Kier molecular flexibility index (Phi) is 4.12. The molecule has 0 aromatic heterocycles. The van der Waals surface area contributed by atoms with Gasteiger partial charge in [-0.25, -0.2) is 0 Å². The molecule has 0 atom stereocenters. The van der Waals surface area contributed by atoms with Crippen molar-refractivity contribution in [1.29, 1.82) is 0 Å². The highest BCUT2D eigenvalue weighted by atomic mass is 35.5. The van der Waals surface area contributed by atoms with Crippen LogP contribution in [0.2, 0.25) is 5.02 Å². The molecule has 4 heteroatoms. The van der Waals surface area contributed by atoms with Crippen molar-refractivity contribution in [2.24, 2.45) is 0 Å². The molecule has 0 heterocycles. The van der Waals surface area contributed by atoms with Crippen LogP contribution >= 0.6 is 11.6 Å². The molecule has 0 bridgehead atoms. The molecule has 3 nitrogen and oxygen atoms in total. The van der Waals surface area contributed by atoms with Crippen LogP contribution in [0.15, 0.2) is 24.3 Å². The summed E-state index contributed by atoms with van der Waals surface area (Å²) in [5.41, 5.74) is -0.0357. The fraction of sp³-hybridized carbons (Fsp3) is 0.562. The number of rotatable bonds is 4. The first-order chi connectivity index (χ1) is 9.33. The summed E-state index contributed by atoms with van der Waals surface area (Å²) in [6.07, 6.45) is 2.74. The summed E-state index contributed by atoms with van der Waals surface area (Å²) in [7, 11) is 1.77. The van der Waals surface area contributed by atoms with Crippen molar-refractivity contribution in [3.63, 3.8) is 0 Å². The molecule has 1 N–H and O–H groups in total. The molecule has 0 saturated heterocycles. The minimum atomic E-state index is -0.557. The zero-order valence-electron chi connectivity index (χ0n) is 12.3. The molecule has 1 aromatic rings. The Morgan fingerprint density at radius 1 is 1.45 bits per heavy atom. The minimum absolute atomic E-state index is 0.0547. The van der Waals surface area contributed by atoms with Crippen molar-refractivity contribution in [3.05, 3.63) is 34.9 Å². The standard InChI is InChI=1S/C16H22ClNO2/c1-15(2,11-19)18(3)14(20)16(8-5-9-16)12-6-4-7-13(17)10-12/h4,6-7,10,19H,5,8-9,11H2,1-3H3. The number of carbonyl (C=O) groups excluding carboxylic acids is 1. The summed E-state index contributed by atoms with van der Waals surface area (Å²) in [6, 6.07) is 7.58. The second-order valence-electron chi connectivity index (χ2n) is 6.28. The highest BCUT2D eigenvalue weighted by molar-refractivity contribution is 6.30. The van der Waals surface area contributed by atoms with Gasteiger partial charge in [0.25, 0.3) is 0 Å². The van der Waals surface area contributed by atoms with Crippen molar-refractivity contribution in [1.82, 2.24) is 4.90 Å². The molecular weight excluding hydrogens is 274 g/mol. The Morgan fingerprint density at radius 3 is 2.55 bits per heavy atom. The number of hydrogen-bond acceptors (Lipinski definition) is 2. The van der Waals surface area contributed by atoms with Crippen LogP contribution in [0.25, 0.3) is 0 Å². The summed E-state index contributed by atoms with van der Waals surface area (Å²) in [6.45, 7) is 3.69. The maximum Gasteiger partial charge on any atom is 0.233 e. The average molecular weight is 296 g/mol. The van der Waals surface area contributed by atoms with Crippen molar-refractivity contribution in [2.75, 3.05) is 13.7 Å².